The fourth-order valence-electron chi connectivity index (χ4n) is 6.51. The summed E-state index contributed by atoms with van der Waals surface area (Å²) in [6.07, 6.45) is 4.90. The third kappa shape index (κ3) is 9.18. The van der Waals surface area contributed by atoms with Crippen molar-refractivity contribution < 1.29 is 23.5 Å². The molecule has 2 fully saturated rings. The van der Waals surface area contributed by atoms with E-state index in [0.717, 1.165) is 81.2 Å². The summed E-state index contributed by atoms with van der Waals surface area (Å²) < 4.78 is 17.1. The Bertz CT molecular complexity index is 1600. The van der Waals surface area contributed by atoms with E-state index in [-0.39, 0.29) is 23.9 Å². The van der Waals surface area contributed by atoms with Crippen LogP contribution in [-0.2, 0) is 11.3 Å². The number of carbonyl (C=O) groups excluding carboxylic acids is 2. The van der Waals surface area contributed by atoms with Crippen molar-refractivity contribution in [2.24, 2.45) is 5.92 Å². The standard InChI is InChI=1S/C38H43ClN4O5/c39-31-8-4-7-30(25-31)28-42(37(44)36-13-6-21-48-36)33-16-14-29(15-17-33)27-43(38(45)40-32-9-2-1-3-10-32)34-11-5-12-35(26-34)47-24-20-41-18-22-46-23-19-41/h1-13,21,25-26,29,33H,14-20,22-24,27-28H2,(H,40,45). The summed E-state index contributed by atoms with van der Waals surface area (Å²) in [6.45, 7) is 5.70. The maximum atomic E-state index is 13.8. The lowest BCUT2D eigenvalue weighted by Gasteiger charge is -2.38. The normalized spacial score (nSPS) is 18.2. The number of anilines is 2. The van der Waals surface area contributed by atoms with Gasteiger partial charge in [-0.25, -0.2) is 4.79 Å². The van der Waals surface area contributed by atoms with Gasteiger partial charge < -0.3 is 24.1 Å². The Kier molecular flexibility index (Phi) is 11.7. The molecule has 3 amide bonds. The predicted octanol–water partition coefficient (Wildman–Crippen LogP) is 7.58. The van der Waals surface area contributed by atoms with Crippen LogP contribution < -0.4 is 15.0 Å². The first-order valence-corrected chi connectivity index (χ1v) is 17.1. The minimum atomic E-state index is -0.190. The molecule has 1 N–H and O–H groups in total. The van der Waals surface area contributed by atoms with Crippen LogP contribution in [0.2, 0.25) is 5.02 Å². The van der Waals surface area contributed by atoms with Gasteiger partial charge in [0.2, 0.25) is 0 Å². The first-order valence-electron chi connectivity index (χ1n) is 16.8. The van der Waals surface area contributed by atoms with Gasteiger partial charge >= 0.3 is 6.03 Å². The quantitative estimate of drug-likeness (QED) is 0.167. The van der Waals surface area contributed by atoms with Crippen molar-refractivity contribution >= 4 is 34.9 Å². The van der Waals surface area contributed by atoms with Crippen LogP contribution in [-0.4, -0.2) is 73.8 Å². The van der Waals surface area contributed by atoms with E-state index >= 15 is 0 Å². The number of carbonyl (C=O) groups is 2. The molecule has 1 saturated carbocycles. The summed E-state index contributed by atoms with van der Waals surface area (Å²) in [5, 5.41) is 3.72. The number of para-hydroxylation sites is 1. The zero-order chi connectivity index (χ0) is 33.1. The van der Waals surface area contributed by atoms with Gasteiger partial charge in [0, 0.05) is 61.2 Å². The van der Waals surface area contributed by atoms with Crippen molar-refractivity contribution in [1.29, 1.82) is 0 Å². The molecule has 0 unspecified atom stereocenters. The number of rotatable bonds is 12. The highest BCUT2D eigenvalue weighted by molar-refractivity contribution is 6.30. The van der Waals surface area contributed by atoms with Crippen LogP contribution in [0.25, 0.3) is 0 Å². The molecule has 2 heterocycles. The summed E-state index contributed by atoms with van der Waals surface area (Å²) in [4.78, 5) is 33.5. The topological polar surface area (TPSA) is 87.5 Å². The lowest BCUT2D eigenvalue weighted by molar-refractivity contribution is 0.0322. The number of nitrogens with zero attached hydrogens (tertiary/aromatic N) is 3. The van der Waals surface area contributed by atoms with Gasteiger partial charge in [0.1, 0.15) is 12.4 Å². The minimum Gasteiger partial charge on any atom is -0.492 e. The number of benzene rings is 3. The Hall–Kier alpha value is -4.31. The number of ether oxygens (including phenoxy) is 2. The smallest absolute Gasteiger partial charge is 0.326 e. The lowest BCUT2D eigenvalue weighted by Crippen LogP contribution is -2.44. The molecule has 6 rings (SSSR count). The van der Waals surface area contributed by atoms with E-state index in [4.69, 9.17) is 25.5 Å². The molecule has 0 bridgehead atoms. The van der Waals surface area contributed by atoms with Crippen LogP contribution in [0.1, 0.15) is 41.8 Å². The zero-order valence-corrected chi connectivity index (χ0v) is 27.9. The van der Waals surface area contributed by atoms with Crippen LogP contribution in [0.3, 0.4) is 0 Å². The SMILES string of the molecule is O=C(Nc1ccccc1)N(CC1CCC(N(Cc2cccc(Cl)c2)C(=O)c2ccco2)CC1)c1cccc(OCCN2CCOCC2)c1. The number of furan rings is 1. The van der Waals surface area contributed by atoms with Crippen LogP contribution in [0, 0.1) is 5.92 Å². The molecular formula is C38H43ClN4O5. The summed E-state index contributed by atoms with van der Waals surface area (Å²) >= 11 is 6.28. The molecule has 1 saturated heterocycles. The van der Waals surface area contributed by atoms with Crippen LogP contribution in [0.5, 0.6) is 5.75 Å². The molecule has 0 atom stereocenters. The van der Waals surface area contributed by atoms with Gasteiger partial charge in [0.15, 0.2) is 5.76 Å². The highest BCUT2D eigenvalue weighted by atomic mass is 35.5. The average Bonchev–Trinajstić information content (AvgIpc) is 3.66. The largest absolute Gasteiger partial charge is 0.492 e. The van der Waals surface area contributed by atoms with Crippen molar-refractivity contribution in [3.05, 3.63) is 114 Å². The molecule has 3 aromatic carbocycles. The number of nitrogens with one attached hydrogen (secondary N) is 1. The number of hydrogen-bond donors (Lipinski definition) is 1. The Morgan fingerprint density at radius 1 is 0.896 bits per heavy atom. The maximum Gasteiger partial charge on any atom is 0.326 e. The predicted molar refractivity (Wildman–Crippen MR) is 188 cm³/mol. The van der Waals surface area contributed by atoms with E-state index in [1.807, 2.05) is 88.7 Å². The minimum absolute atomic E-state index is 0.0348. The average molecular weight is 671 g/mol. The third-order valence-corrected chi connectivity index (χ3v) is 9.35. The number of urea groups is 1. The Balaban J connectivity index is 1.14. The fraction of sp³-hybridized carbons (Fsp3) is 0.368. The van der Waals surface area contributed by atoms with Crippen LogP contribution in [0.15, 0.2) is 102 Å². The first kappa shape index (κ1) is 33.6. The van der Waals surface area contributed by atoms with E-state index in [9.17, 15) is 9.59 Å². The van der Waals surface area contributed by atoms with Crippen molar-refractivity contribution in [1.82, 2.24) is 9.80 Å². The molecular weight excluding hydrogens is 628 g/mol. The van der Waals surface area contributed by atoms with E-state index in [1.54, 1.807) is 12.1 Å². The highest BCUT2D eigenvalue weighted by Gasteiger charge is 2.32. The molecule has 0 radical (unpaired) electrons. The molecule has 0 spiro atoms. The van der Waals surface area contributed by atoms with Crippen molar-refractivity contribution in [2.75, 3.05) is 56.2 Å². The molecule has 252 valence electrons. The molecule has 1 aliphatic heterocycles. The van der Waals surface area contributed by atoms with E-state index in [0.29, 0.717) is 30.5 Å². The number of hydrogen-bond acceptors (Lipinski definition) is 6. The molecule has 4 aromatic rings. The lowest BCUT2D eigenvalue weighted by atomic mass is 9.84. The highest BCUT2D eigenvalue weighted by Crippen LogP contribution is 2.33. The number of halogens is 1. The van der Waals surface area contributed by atoms with Crippen molar-refractivity contribution in [3.63, 3.8) is 0 Å². The fourth-order valence-corrected chi connectivity index (χ4v) is 6.73. The number of morpholine rings is 1. The molecule has 48 heavy (non-hydrogen) atoms. The Morgan fingerprint density at radius 2 is 1.69 bits per heavy atom. The van der Waals surface area contributed by atoms with Crippen LogP contribution >= 0.6 is 11.6 Å². The van der Waals surface area contributed by atoms with E-state index in [1.165, 1.54) is 6.26 Å². The first-order chi connectivity index (χ1) is 23.5. The van der Waals surface area contributed by atoms with E-state index < -0.39 is 0 Å². The van der Waals surface area contributed by atoms with Gasteiger partial charge in [-0.15, -0.1) is 0 Å². The second-order valence-electron chi connectivity index (χ2n) is 12.4. The molecule has 1 aliphatic carbocycles. The maximum absolute atomic E-state index is 13.8. The monoisotopic (exact) mass is 670 g/mol. The van der Waals surface area contributed by atoms with Gasteiger partial charge in [0.25, 0.3) is 5.91 Å². The second-order valence-corrected chi connectivity index (χ2v) is 12.9. The van der Waals surface area contributed by atoms with Gasteiger partial charge in [0.05, 0.1) is 19.5 Å². The number of amides is 3. The van der Waals surface area contributed by atoms with Crippen LogP contribution in [0.4, 0.5) is 16.2 Å². The summed E-state index contributed by atoms with van der Waals surface area (Å²) in [7, 11) is 0. The van der Waals surface area contributed by atoms with Gasteiger partial charge in [-0.3, -0.25) is 14.6 Å². The zero-order valence-electron chi connectivity index (χ0n) is 27.1. The summed E-state index contributed by atoms with van der Waals surface area (Å²) in [5.74, 6) is 1.18. The molecule has 10 heteroatoms. The van der Waals surface area contributed by atoms with Crippen molar-refractivity contribution in [2.45, 2.75) is 38.3 Å². The molecule has 2 aliphatic rings. The summed E-state index contributed by atoms with van der Waals surface area (Å²) in [5.41, 5.74) is 2.49. The molecule has 9 nitrogen and oxygen atoms in total. The van der Waals surface area contributed by atoms with Crippen molar-refractivity contribution in [3.8, 4) is 5.75 Å². The second kappa shape index (κ2) is 16.7. The molecule has 1 aromatic heterocycles. The van der Waals surface area contributed by atoms with E-state index in [2.05, 4.69) is 10.2 Å². The van der Waals surface area contributed by atoms with Gasteiger partial charge in [-0.2, -0.15) is 0 Å². The Labute approximate surface area is 287 Å². The van der Waals surface area contributed by atoms with Gasteiger partial charge in [-0.05, 0) is 85.7 Å². The summed E-state index contributed by atoms with van der Waals surface area (Å²) in [6, 6.07) is 28.2. The Morgan fingerprint density at radius 3 is 2.44 bits per heavy atom. The third-order valence-electron chi connectivity index (χ3n) is 9.11. The van der Waals surface area contributed by atoms with Gasteiger partial charge in [-0.1, -0.05) is 48.0 Å².